The van der Waals surface area contributed by atoms with Gasteiger partial charge in [0.05, 0.1) is 21.3 Å². The third-order valence-electron chi connectivity index (χ3n) is 2.71. The topological polar surface area (TPSA) is 69.3 Å². The third kappa shape index (κ3) is 3.54. The maximum atomic E-state index is 5.65. The Labute approximate surface area is 132 Å². The molecule has 0 spiro atoms. The lowest BCUT2D eigenvalue weighted by Crippen LogP contribution is -1.96. The summed E-state index contributed by atoms with van der Waals surface area (Å²) in [6, 6.07) is 3.63. The standard InChI is InChI=1S/C13H16ClN3O3S/c1-18-9-6-8(7-10(19-2)11(9)20-3)12-15-13(17-16-12)21-5-4-14/h6-7H,4-5H2,1-3H3,(H,15,16,17). The van der Waals surface area contributed by atoms with E-state index in [2.05, 4.69) is 15.2 Å². The number of benzene rings is 1. The number of H-pyrrole nitrogens is 1. The lowest BCUT2D eigenvalue weighted by molar-refractivity contribution is 0.324. The summed E-state index contributed by atoms with van der Waals surface area (Å²) in [7, 11) is 4.71. The van der Waals surface area contributed by atoms with Crippen LogP contribution in [0.1, 0.15) is 0 Å². The largest absolute Gasteiger partial charge is 0.493 e. The predicted octanol–water partition coefficient (Wildman–Crippen LogP) is 2.83. The van der Waals surface area contributed by atoms with Crippen molar-refractivity contribution in [2.75, 3.05) is 33.0 Å². The number of aromatic nitrogens is 3. The molecule has 0 bridgehead atoms. The van der Waals surface area contributed by atoms with E-state index in [1.165, 1.54) is 11.8 Å². The van der Waals surface area contributed by atoms with Gasteiger partial charge in [0.15, 0.2) is 17.3 Å². The Kier molecular flexibility index (Phi) is 5.58. The Bertz CT molecular complexity index is 581. The zero-order valence-corrected chi connectivity index (χ0v) is 13.5. The highest BCUT2D eigenvalue weighted by Crippen LogP contribution is 2.40. The van der Waals surface area contributed by atoms with Gasteiger partial charge in [0.1, 0.15) is 0 Å². The minimum absolute atomic E-state index is 0.542. The van der Waals surface area contributed by atoms with E-state index < -0.39 is 0 Å². The molecule has 0 fully saturated rings. The summed E-state index contributed by atoms with van der Waals surface area (Å²) < 4.78 is 15.9. The van der Waals surface area contributed by atoms with Gasteiger partial charge in [-0.1, -0.05) is 11.8 Å². The molecule has 0 radical (unpaired) electrons. The number of alkyl halides is 1. The summed E-state index contributed by atoms with van der Waals surface area (Å²) in [5.41, 5.74) is 0.801. The highest BCUT2D eigenvalue weighted by Gasteiger charge is 2.16. The molecule has 8 heteroatoms. The van der Waals surface area contributed by atoms with E-state index in [1.54, 1.807) is 21.3 Å². The maximum absolute atomic E-state index is 5.65. The van der Waals surface area contributed by atoms with Gasteiger partial charge in [0.2, 0.25) is 10.9 Å². The number of rotatable bonds is 7. The number of nitrogens with one attached hydrogen (secondary N) is 1. The number of aromatic amines is 1. The van der Waals surface area contributed by atoms with Crippen LogP contribution in [0.15, 0.2) is 17.3 Å². The number of methoxy groups -OCH3 is 3. The average molecular weight is 330 g/mol. The van der Waals surface area contributed by atoms with E-state index in [0.29, 0.717) is 34.1 Å². The average Bonchev–Trinajstić information content (AvgIpc) is 3.00. The number of ether oxygens (including phenoxy) is 3. The molecule has 2 rings (SSSR count). The number of nitrogens with zero attached hydrogens (tertiary/aromatic N) is 2. The molecule has 0 unspecified atom stereocenters. The predicted molar refractivity (Wildman–Crippen MR) is 82.9 cm³/mol. The van der Waals surface area contributed by atoms with Crippen LogP contribution in [-0.4, -0.2) is 48.1 Å². The van der Waals surface area contributed by atoms with Crippen LogP contribution in [0.5, 0.6) is 17.2 Å². The molecule has 0 saturated carbocycles. The number of hydrogen-bond donors (Lipinski definition) is 1. The molecule has 1 heterocycles. The summed E-state index contributed by atoms with van der Waals surface area (Å²) in [6.07, 6.45) is 0. The molecule has 0 aliphatic carbocycles. The van der Waals surface area contributed by atoms with Gasteiger partial charge < -0.3 is 14.2 Å². The Morgan fingerprint density at radius 1 is 1.14 bits per heavy atom. The van der Waals surface area contributed by atoms with Crippen molar-refractivity contribution in [2.24, 2.45) is 0 Å². The molecule has 1 N–H and O–H groups in total. The molecule has 0 saturated heterocycles. The van der Waals surface area contributed by atoms with E-state index in [9.17, 15) is 0 Å². The molecule has 1 aromatic heterocycles. The first-order chi connectivity index (χ1) is 10.2. The zero-order valence-electron chi connectivity index (χ0n) is 12.0. The smallest absolute Gasteiger partial charge is 0.208 e. The SMILES string of the molecule is COc1cc(-c2nc(SCCCl)n[nH]2)cc(OC)c1OC. The van der Waals surface area contributed by atoms with Crippen molar-refractivity contribution in [3.63, 3.8) is 0 Å². The van der Waals surface area contributed by atoms with Gasteiger partial charge in [-0.2, -0.15) is 0 Å². The first-order valence-corrected chi connectivity index (χ1v) is 7.67. The van der Waals surface area contributed by atoms with E-state index in [0.717, 1.165) is 11.3 Å². The first-order valence-electron chi connectivity index (χ1n) is 6.15. The molecule has 6 nitrogen and oxygen atoms in total. The lowest BCUT2D eigenvalue weighted by Gasteiger charge is -2.13. The molecule has 0 atom stereocenters. The molecule has 0 amide bonds. The summed E-state index contributed by atoms with van der Waals surface area (Å²) in [4.78, 5) is 4.41. The van der Waals surface area contributed by atoms with Crippen LogP contribution in [-0.2, 0) is 0 Å². The second-order valence-electron chi connectivity index (χ2n) is 3.92. The van der Waals surface area contributed by atoms with Crippen LogP contribution < -0.4 is 14.2 Å². The van der Waals surface area contributed by atoms with Crippen molar-refractivity contribution in [2.45, 2.75) is 5.16 Å². The van der Waals surface area contributed by atoms with Gasteiger partial charge in [-0.3, -0.25) is 5.10 Å². The van der Waals surface area contributed by atoms with Crippen LogP contribution in [0.4, 0.5) is 0 Å². The molecule has 1 aromatic carbocycles. The fourth-order valence-corrected chi connectivity index (χ4v) is 2.54. The van der Waals surface area contributed by atoms with Crippen LogP contribution >= 0.6 is 23.4 Å². The molecule has 2 aromatic rings. The van der Waals surface area contributed by atoms with Gasteiger partial charge in [-0.05, 0) is 12.1 Å². The zero-order chi connectivity index (χ0) is 15.2. The Balaban J connectivity index is 2.37. The molecule has 114 valence electrons. The molecule has 0 aliphatic rings. The van der Waals surface area contributed by atoms with Gasteiger partial charge in [0, 0.05) is 17.2 Å². The quantitative estimate of drug-likeness (QED) is 0.622. The van der Waals surface area contributed by atoms with Crippen molar-refractivity contribution in [3.05, 3.63) is 12.1 Å². The Hall–Kier alpha value is -1.60. The monoisotopic (exact) mass is 329 g/mol. The van der Waals surface area contributed by atoms with Crippen molar-refractivity contribution in [1.82, 2.24) is 15.2 Å². The summed E-state index contributed by atoms with van der Waals surface area (Å²) in [6.45, 7) is 0. The maximum Gasteiger partial charge on any atom is 0.208 e. The van der Waals surface area contributed by atoms with Crippen LogP contribution in [0.2, 0.25) is 0 Å². The second kappa shape index (κ2) is 7.42. The van der Waals surface area contributed by atoms with E-state index in [-0.39, 0.29) is 0 Å². The fourth-order valence-electron chi connectivity index (χ4n) is 1.79. The van der Waals surface area contributed by atoms with Crippen LogP contribution in [0.3, 0.4) is 0 Å². The molecular weight excluding hydrogens is 314 g/mol. The minimum Gasteiger partial charge on any atom is -0.493 e. The molecule has 0 aliphatic heterocycles. The van der Waals surface area contributed by atoms with E-state index in [1.807, 2.05) is 12.1 Å². The van der Waals surface area contributed by atoms with Crippen LogP contribution in [0.25, 0.3) is 11.4 Å². The Morgan fingerprint density at radius 2 is 1.81 bits per heavy atom. The van der Waals surface area contributed by atoms with Crippen LogP contribution in [0, 0.1) is 0 Å². The second-order valence-corrected chi connectivity index (χ2v) is 5.36. The molecular formula is C13H16ClN3O3S. The van der Waals surface area contributed by atoms with Gasteiger partial charge in [0.25, 0.3) is 0 Å². The fraction of sp³-hybridized carbons (Fsp3) is 0.385. The number of halogens is 1. The van der Waals surface area contributed by atoms with Crippen molar-refractivity contribution >= 4 is 23.4 Å². The highest BCUT2D eigenvalue weighted by molar-refractivity contribution is 7.99. The normalized spacial score (nSPS) is 10.5. The van der Waals surface area contributed by atoms with Crippen molar-refractivity contribution in [1.29, 1.82) is 0 Å². The van der Waals surface area contributed by atoms with E-state index in [4.69, 9.17) is 25.8 Å². The van der Waals surface area contributed by atoms with Crippen molar-refractivity contribution < 1.29 is 14.2 Å². The van der Waals surface area contributed by atoms with Crippen molar-refractivity contribution in [3.8, 4) is 28.6 Å². The summed E-state index contributed by atoms with van der Waals surface area (Å²) in [5, 5.41) is 7.69. The summed E-state index contributed by atoms with van der Waals surface area (Å²) >= 11 is 7.15. The van der Waals surface area contributed by atoms with Gasteiger partial charge in [-0.15, -0.1) is 16.7 Å². The van der Waals surface area contributed by atoms with Gasteiger partial charge >= 0.3 is 0 Å². The highest BCUT2D eigenvalue weighted by atomic mass is 35.5. The lowest BCUT2D eigenvalue weighted by atomic mass is 10.1. The third-order valence-corrected chi connectivity index (χ3v) is 3.97. The number of thioether (sulfide) groups is 1. The van der Waals surface area contributed by atoms with Gasteiger partial charge in [-0.25, -0.2) is 4.98 Å². The minimum atomic E-state index is 0.542. The summed E-state index contributed by atoms with van der Waals surface area (Å²) in [5.74, 6) is 3.62. The first kappa shape index (κ1) is 15.8. The molecule has 21 heavy (non-hydrogen) atoms. The number of hydrogen-bond acceptors (Lipinski definition) is 6. The van der Waals surface area contributed by atoms with E-state index >= 15 is 0 Å². The Morgan fingerprint density at radius 3 is 2.33 bits per heavy atom.